The number of fused-ring (bicyclic) bond motifs is 1. The van der Waals surface area contributed by atoms with Crippen LogP contribution in [-0.4, -0.2) is 33.8 Å². The Kier molecular flexibility index (Phi) is 6.04. The number of nitro benzene ring substituents is 1. The van der Waals surface area contributed by atoms with E-state index in [4.69, 9.17) is 10.5 Å². The van der Waals surface area contributed by atoms with Gasteiger partial charge < -0.3 is 15.8 Å². The number of carbonyl (C=O) groups is 1. The Morgan fingerprint density at radius 3 is 2.70 bits per heavy atom. The van der Waals surface area contributed by atoms with Gasteiger partial charge >= 0.3 is 5.69 Å². The van der Waals surface area contributed by atoms with E-state index in [1.54, 1.807) is 0 Å². The van der Waals surface area contributed by atoms with Crippen molar-refractivity contribution in [3.63, 3.8) is 0 Å². The highest BCUT2D eigenvalue weighted by Crippen LogP contribution is 2.29. The molecule has 0 aliphatic rings. The number of nitrogens with zero attached hydrogens (tertiary/aromatic N) is 3. The number of aromatic nitrogens is 2. The highest BCUT2D eigenvalue weighted by atomic mass is 19.1. The number of amides is 1. The average Bonchev–Trinajstić information content (AvgIpc) is 3.17. The predicted octanol–water partition coefficient (Wildman–Crippen LogP) is 3.17. The van der Waals surface area contributed by atoms with Gasteiger partial charge in [0.1, 0.15) is 17.5 Å². The number of non-ortho nitro benzene ring substituents is 1. The van der Waals surface area contributed by atoms with E-state index in [1.165, 1.54) is 12.1 Å². The molecule has 0 fully saturated rings. The van der Waals surface area contributed by atoms with Gasteiger partial charge in [-0.05, 0) is 34.9 Å². The minimum absolute atomic E-state index is 0.0198. The van der Waals surface area contributed by atoms with Gasteiger partial charge in [0, 0.05) is 6.07 Å². The van der Waals surface area contributed by atoms with Gasteiger partial charge in [-0.2, -0.15) is 0 Å². The summed E-state index contributed by atoms with van der Waals surface area (Å²) in [6, 6.07) is 4.67. The summed E-state index contributed by atoms with van der Waals surface area (Å²) >= 11 is 0. The van der Waals surface area contributed by atoms with Crippen molar-refractivity contribution in [3.05, 3.63) is 51.6 Å². The predicted molar refractivity (Wildman–Crippen MR) is 101 cm³/mol. The Bertz CT molecular complexity index is 1100. The number of carbonyl (C=O) groups excluding carboxylic acids is 1. The summed E-state index contributed by atoms with van der Waals surface area (Å²) < 4.78 is 38.4. The molecule has 0 spiro atoms. The topological polar surface area (TPSA) is 146 Å². The maximum Gasteiger partial charge on any atom is 0.300 e. The van der Waals surface area contributed by atoms with E-state index in [0.717, 1.165) is 12.1 Å². The van der Waals surface area contributed by atoms with Crippen molar-refractivity contribution in [2.75, 3.05) is 11.9 Å². The van der Waals surface area contributed by atoms with Crippen molar-refractivity contribution in [2.24, 2.45) is 5.73 Å². The first-order chi connectivity index (χ1) is 14.3. The third kappa shape index (κ3) is 4.11. The molecule has 0 radical (unpaired) electrons. The molecule has 3 N–H and O–H groups in total. The fraction of sp³-hybridized carbons (Fsp3) is 0.278. The lowest BCUT2D eigenvalue weighted by molar-refractivity contribution is -0.383. The van der Waals surface area contributed by atoms with Crippen LogP contribution in [0, 0.1) is 21.7 Å². The number of hydrogen-bond acceptors (Lipinski definition) is 8. The summed E-state index contributed by atoms with van der Waals surface area (Å²) in [4.78, 5) is 21.8. The van der Waals surface area contributed by atoms with E-state index in [9.17, 15) is 23.7 Å². The summed E-state index contributed by atoms with van der Waals surface area (Å²) in [5.74, 6) is -3.82. The van der Waals surface area contributed by atoms with Crippen molar-refractivity contribution >= 4 is 28.3 Å². The second-order valence-electron chi connectivity index (χ2n) is 6.36. The number of ether oxygens (including phenoxy) is 1. The van der Waals surface area contributed by atoms with Gasteiger partial charge in [0.2, 0.25) is 5.52 Å². The molecule has 1 heterocycles. The van der Waals surface area contributed by atoms with Crippen LogP contribution < -0.4 is 15.8 Å². The van der Waals surface area contributed by atoms with E-state index >= 15 is 0 Å². The minimum atomic E-state index is -1.24. The molecule has 3 aromatic rings. The Labute approximate surface area is 168 Å². The number of nitrogens with two attached hydrogens (primary N) is 1. The molecule has 0 saturated heterocycles. The first kappa shape index (κ1) is 20.9. The van der Waals surface area contributed by atoms with Crippen LogP contribution in [0.4, 0.5) is 20.2 Å². The largest absolute Gasteiger partial charge is 0.485 e. The third-order valence-corrected chi connectivity index (χ3v) is 4.32. The van der Waals surface area contributed by atoms with Crippen molar-refractivity contribution in [2.45, 2.75) is 25.9 Å². The van der Waals surface area contributed by atoms with Gasteiger partial charge in [0.25, 0.3) is 5.91 Å². The number of anilines is 1. The van der Waals surface area contributed by atoms with Crippen molar-refractivity contribution in [1.82, 2.24) is 10.3 Å². The van der Waals surface area contributed by atoms with Gasteiger partial charge in [0.15, 0.2) is 17.1 Å². The standard InChI is InChI=1S/C18H17F2N5O5/c1-2-3-9(29-13-7-4-10(19)14(15(13)20)18(21)26)8-22-11-5-6-12(25(27)28)17-16(11)23-30-24-17/h4-7,9,22H,2-3,8H2,1H3,(H2,21,26)/t9-/m0/s1. The van der Waals surface area contributed by atoms with Gasteiger partial charge in [0.05, 0.1) is 17.2 Å². The molecule has 12 heteroatoms. The lowest BCUT2D eigenvalue weighted by Gasteiger charge is -2.20. The Hall–Kier alpha value is -3.83. The van der Waals surface area contributed by atoms with E-state index < -0.39 is 34.1 Å². The zero-order valence-electron chi connectivity index (χ0n) is 15.7. The minimum Gasteiger partial charge on any atom is -0.485 e. The number of rotatable bonds is 9. The van der Waals surface area contributed by atoms with Crippen LogP contribution in [0.25, 0.3) is 11.0 Å². The van der Waals surface area contributed by atoms with Crippen LogP contribution >= 0.6 is 0 Å². The molecule has 1 amide bonds. The summed E-state index contributed by atoms with van der Waals surface area (Å²) in [6.07, 6.45) is 0.586. The first-order valence-corrected chi connectivity index (χ1v) is 8.91. The number of hydrogen-bond donors (Lipinski definition) is 2. The molecule has 30 heavy (non-hydrogen) atoms. The van der Waals surface area contributed by atoms with Gasteiger partial charge in [-0.3, -0.25) is 14.9 Å². The number of nitrogens with one attached hydrogen (secondary N) is 1. The van der Waals surface area contributed by atoms with E-state index in [-0.39, 0.29) is 29.0 Å². The highest BCUT2D eigenvalue weighted by molar-refractivity contribution is 5.94. The van der Waals surface area contributed by atoms with Crippen LogP contribution in [0.3, 0.4) is 0 Å². The molecule has 0 unspecified atom stereocenters. The Balaban J connectivity index is 1.81. The molecule has 158 valence electrons. The summed E-state index contributed by atoms with van der Waals surface area (Å²) in [5, 5.41) is 21.3. The average molecular weight is 421 g/mol. The zero-order chi connectivity index (χ0) is 21.8. The smallest absolute Gasteiger partial charge is 0.300 e. The molecule has 2 aromatic carbocycles. The fourth-order valence-corrected chi connectivity index (χ4v) is 2.92. The van der Waals surface area contributed by atoms with Crippen LogP contribution in [0.15, 0.2) is 28.9 Å². The van der Waals surface area contributed by atoms with E-state index in [1.807, 2.05) is 6.92 Å². The quantitative estimate of drug-likeness (QED) is 0.396. The van der Waals surface area contributed by atoms with Crippen LogP contribution in [0.5, 0.6) is 5.75 Å². The lowest BCUT2D eigenvalue weighted by atomic mass is 10.1. The summed E-state index contributed by atoms with van der Waals surface area (Å²) in [5.41, 5.74) is 4.43. The SMILES string of the molecule is CCC[C@@H](CNc1ccc([N+](=O)[O-])c2nonc12)Oc1ccc(F)c(C(N)=O)c1F. The maximum absolute atomic E-state index is 14.5. The Morgan fingerprint density at radius 2 is 2.03 bits per heavy atom. The second kappa shape index (κ2) is 8.68. The molecular weight excluding hydrogens is 404 g/mol. The molecule has 3 rings (SSSR count). The van der Waals surface area contributed by atoms with Crippen LogP contribution in [0.1, 0.15) is 30.1 Å². The second-order valence-corrected chi connectivity index (χ2v) is 6.36. The normalized spacial score (nSPS) is 12.0. The number of primary amides is 1. The molecule has 0 aliphatic carbocycles. The summed E-state index contributed by atoms with van der Waals surface area (Å²) in [6.45, 7) is 2.04. The molecule has 0 saturated carbocycles. The molecule has 10 nitrogen and oxygen atoms in total. The van der Waals surface area contributed by atoms with Crippen LogP contribution in [0.2, 0.25) is 0 Å². The summed E-state index contributed by atoms with van der Waals surface area (Å²) in [7, 11) is 0. The van der Waals surface area contributed by atoms with Crippen molar-refractivity contribution < 1.29 is 27.9 Å². The zero-order valence-corrected chi connectivity index (χ0v) is 15.7. The first-order valence-electron chi connectivity index (χ1n) is 8.91. The number of nitro groups is 1. The van der Waals surface area contributed by atoms with Crippen molar-refractivity contribution in [1.29, 1.82) is 0 Å². The molecular formula is C18H17F2N5O5. The van der Waals surface area contributed by atoms with Gasteiger partial charge in [-0.15, -0.1) is 0 Å². The maximum atomic E-state index is 14.5. The van der Waals surface area contributed by atoms with Crippen molar-refractivity contribution in [3.8, 4) is 5.75 Å². The monoisotopic (exact) mass is 421 g/mol. The number of halogens is 2. The number of benzene rings is 2. The van der Waals surface area contributed by atoms with E-state index in [0.29, 0.717) is 18.5 Å². The third-order valence-electron chi connectivity index (χ3n) is 4.32. The molecule has 0 aliphatic heterocycles. The lowest BCUT2D eigenvalue weighted by Crippen LogP contribution is -2.27. The molecule has 1 aromatic heterocycles. The van der Waals surface area contributed by atoms with Gasteiger partial charge in [-0.25, -0.2) is 13.4 Å². The van der Waals surface area contributed by atoms with Crippen LogP contribution in [-0.2, 0) is 0 Å². The highest BCUT2D eigenvalue weighted by Gasteiger charge is 2.23. The fourth-order valence-electron chi connectivity index (χ4n) is 2.92. The van der Waals surface area contributed by atoms with Gasteiger partial charge in [-0.1, -0.05) is 13.3 Å². The Morgan fingerprint density at radius 1 is 1.30 bits per heavy atom. The molecule has 0 bridgehead atoms. The van der Waals surface area contributed by atoms with E-state index in [2.05, 4.69) is 20.3 Å². The molecule has 1 atom stereocenters.